The van der Waals surface area contributed by atoms with E-state index in [1.54, 1.807) is 20.8 Å². The minimum atomic E-state index is -1.45. The maximum Gasteiger partial charge on any atom is 0.407 e. The van der Waals surface area contributed by atoms with Gasteiger partial charge < -0.3 is 65.4 Å². The topological polar surface area (TPSA) is 223 Å². The van der Waals surface area contributed by atoms with Gasteiger partial charge in [0.1, 0.15) is 30.0 Å². The highest BCUT2D eigenvalue weighted by atomic mass is 16.7. The van der Waals surface area contributed by atoms with Crippen molar-refractivity contribution in [1.82, 2.24) is 5.32 Å². The summed E-state index contributed by atoms with van der Waals surface area (Å²) in [6.07, 6.45) is -9.08. The number of rotatable bonds is 11. The van der Waals surface area contributed by atoms with Crippen molar-refractivity contribution in [1.29, 1.82) is 0 Å². The molecule has 15 atom stereocenters. The molecule has 14 heteroatoms. The van der Waals surface area contributed by atoms with Crippen LogP contribution in [0.3, 0.4) is 0 Å². The van der Waals surface area contributed by atoms with Crippen LogP contribution >= 0.6 is 0 Å². The number of carbonyl (C=O) groups excluding carboxylic acids is 1. The number of alkyl carbamates (subject to hydrolysis) is 1. The summed E-state index contributed by atoms with van der Waals surface area (Å²) in [5, 5.41) is 66.0. The third-order valence-corrected chi connectivity index (χ3v) is 8.86. The molecule has 1 saturated carbocycles. The van der Waals surface area contributed by atoms with Crippen LogP contribution in [0.1, 0.15) is 73.6 Å². The molecular weight excluding hydrogens is 580 g/mol. The van der Waals surface area contributed by atoms with Crippen LogP contribution in [0.15, 0.2) is 0 Å². The number of carbonyl (C=O) groups is 1. The number of hydrogen-bond acceptors (Lipinski definition) is 13. The molecule has 3 aliphatic rings. The van der Waals surface area contributed by atoms with Crippen molar-refractivity contribution in [2.45, 2.75) is 153 Å². The molecule has 3 fully saturated rings. The van der Waals surface area contributed by atoms with Crippen LogP contribution in [0.4, 0.5) is 4.79 Å². The highest BCUT2D eigenvalue weighted by molar-refractivity contribution is 5.67. The standard InChI is InChI=1S/C30H56N2O12/c1-7-19-18(35)11-15(3)27(40-19)42-25-14(2)10-16(8-9-17(34)12-32-29(39)44-30(4,5)6)26(24(25)38)43-28-23(37)21(31)22(36)20(13-33)41-28/h14-28,33-38H,7-13,31H2,1-6H3,(H,32,39)/t14-,15+,16+,17?,18-,19+,20+,21-,22+,23+,24-,25?,26-,27+,28+/m0/s1. The molecule has 0 aromatic carbocycles. The van der Waals surface area contributed by atoms with Gasteiger partial charge in [-0.15, -0.1) is 0 Å². The third-order valence-electron chi connectivity index (χ3n) is 8.86. The average Bonchev–Trinajstić information content (AvgIpc) is 2.94. The Morgan fingerprint density at radius 3 is 2.20 bits per heavy atom. The molecule has 0 spiro atoms. The zero-order valence-corrected chi connectivity index (χ0v) is 26.8. The summed E-state index contributed by atoms with van der Waals surface area (Å²) in [6, 6.07) is -1.16. The zero-order valence-electron chi connectivity index (χ0n) is 26.8. The Morgan fingerprint density at radius 2 is 1.59 bits per heavy atom. The van der Waals surface area contributed by atoms with Gasteiger partial charge in [-0.1, -0.05) is 20.8 Å². The Bertz CT molecular complexity index is 891. The van der Waals surface area contributed by atoms with Gasteiger partial charge in [0.2, 0.25) is 0 Å². The van der Waals surface area contributed by atoms with Crippen molar-refractivity contribution in [3.8, 4) is 0 Å². The van der Waals surface area contributed by atoms with Crippen molar-refractivity contribution in [2.75, 3.05) is 13.2 Å². The van der Waals surface area contributed by atoms with E-state index in [4.69, 9.17) is 29.4 Å². The number of nitrogens with one attached hydrogen (secondary N) is 1. The largest absolute Gasteiger partial charge is 0.444 e. The predicted octanol–water partition coefficient (Wildman–Crippen LogP) is -0.272. The number of aliphatic hydroxyl groups excluding tert-OH is 6. The Balaban J connectivity index is 1.74. The summed E-state index contributed by atoms with van der Waals surface area (Å²) in [7, 11) is 0. The number of amides is 1. The lowest BCUT2D eigenvalue weighted by Gasteiger charge is -2.49. The molecule has 258 valence electrons. The van der Waals surface area contributed by atoms with E-state index in [1.807, 2.05) is 20.8 Å². The Labute approximate surface area is 260 Å². The molecule has 1 aliphatic carbocycles. The van der Waals surface area contributed by atoms with Crippen LogP contribution < -0.4 is 11.1 Å². The SMILES string of the molecule is CC[C@H]1O[C@H](OC2[C@@H](C)C[C@@H](CCC(O)CNC(=O)OC(C)(C)C)[C@H](O[C@H]3O[C@H](CO)[C@@H](O)[C@H](N)[C@H]3O)[C@H]2O)[C@H](C)C[C@@H]1O. The van der Waals surface area contributed by atoms with Crippen LogP contribution in [0.5, 0.6) is 0 Å². The Morgan fingerprint density at radius 1 is 0.955 bits per heavy atom. The van der Waals surface area contributed by atoms with Crippen LogP contribution in [0.2, 0.25) is 0 Å². The van der Waals surface area contributed by atoms with Gasteiger partial charge in [0, 0.05) is 12.5 Å². The second kappa shape index (κ2) is 16.1. The van der Waals surface area contributed by atoms with Gasteiger partial charge in [-0.2, -0.15) is 0 Å². The van der Waals surface area contributed by atoms with Crippen molar-refractivity contribution >= 4 is 6.09 Å². The molecule has 3 rings (SSSR count). The second-order valence-corrected chi connectivity index (χ2v) is 13.8. The van der Waals surface area contributed by atoms with E-state index in [1.165, 1.54) is 0 Å². The van der Waals surface area contributed by atoms with E-state index >= 15 is 0 Å². The van der Waals surface area contributed by atoms with E-state index in [0.717, 1.165) is 0 Å². The summed E-state index contributed by atoms with van der Waals surface area (Å²) >= 11 is 0. The second-order valence-electron chi connectivity index (χ2n) is 13.8. The van der Waals surface area contributed by atoms with Crippen LogP contribution in [0.25, 0.3) is 0 Å². The maximum atomic E-state index is 12.0. The molecular formula is C30H56N2O12. The van der Waals surface area contributed by atoms with Gasteiger partial charge in [0.05, 0.1) is 43.2 Å². The highest BCUT2D eigenvalue weighted by Crippen LogP contribution is 2.40. The number of hydrogen-bond donors (Lipinski definition) is 8. The molecule has 2 aliphatic heterocycles. The number of nitrogens with two attached hydrogens (primary N) is 1. The summed E-state index contributed by atoms with van der Waals surface area (Å²) in [4.78, 5) is 12.0. The lowest BCUT2D eigenvalue weighted by atomic mass is 9.74. The first-order chi connectivity index (χ1) is 20.6. The van der Waals surface area contributed by atoms with Gasteiger partial charge in [-0.05, 0) is 64.7 Å². The van der Waals surface area contributed by atoms with Gasteiger partial charge in [0.15, 0.2) is 12.6 Å². The fourth-order valence-electron chi connectivity index (χ4n) is 6.37. The Hall–Kier alpha value is -1.17. The summed E-state index contributed by atoms with van der Waals surface area (Å²) in [6.45, 7) is 10.4. The lowest BCUT2D eigenvalue weighted by Crippen LogP contribution is -2.64. The van der Waals surface area contributed by atoms with E-state index < -0.39 is 91.9 Å². The van der Waals surface area contributed by atoms with Crippen molar-refractivity contribution < 1.29 is 59.1 Å². The minimum absolute atomic E-state index is 0.0340. The maximum absolute atomic E-state index is 12.0. The fraction of sp³-hybridized carbons (Fsp3) is 0.967. The molecule has 1 amide bonds. The van der Waals surface area contributed by atoms with E-state index in [9.17, 15) is 35.4 Å². The average molecular weight is 637 g/mol. The van der Waals surface area contributed by atoms with Gasteiger partial charge in [0.25, 0.3) is 0 Å². The molecule has 2 unspecified atom stereocenters. The molecule has 14 nitrogen and oxygen atoms in total. The van der Waals surface area contributed by atoms with Gasteiger partial charge >= 0.3 is 6.09 Å². The number of ether oxygens (including phenoxy) is 5. The predicted molar refractivity (Wildman–Crippen MR) is 157 cm³/mol. The molecule has 2 saturated heterocycles. The van der Waals surface area contributed by atoms with E-state index in [-0.39, 0.29) is 30.7 Å². The summed E-state index contributed by atoms with van der Waals surface area (Å²) in [5.41, 5.74) is 5.32. The summed E-state index contributed by atoms with van der Waals surface area (Å²) in [5.74, 6) is -0.635. The third kappa shape index (κ3) is 9.67. The van der Waals surface area contributed by atoms with Crippen molar-refractivity contribution in [2.24, 2.45) is 23.5 Å². The summed E-state index contributed by atoms with van der Waals surface area (Å²) < 4.78 is 29.5. The van der Waals surface area contributed by atoms with Crippen LogP contribution in [-0.4, -0.2) is 129 Å². The zero-order chi connectivity index (χ0) is 32.9. The fourth-order valence-corrected chi connectivity index (χ4v) is 6.37. The molecule has 0 aromatic rings. The van der Waals surface area contributed by atoms with Crippen molar-refractivity contribution in [3.05, 3.63) is 0 Å². The lowest BCUT2D eigenvalue weighted by molar-refractivity contribution is -0.326. The highest BCUT2D eigenvalue weighted by Gasteiger charge is 2.50. The smallest absolute Gasteiger partial charge is 0.407 e. The molecule has 44 heavy (non-hydrogen) atoms. The van der Waals surface area contributed by atoms with Crippen LogP contribution in [0, 0.1) is 17.8 Å². The quantitative estimate of drug-likeness (QED) is 0.146. The van der Waals surface area contributed by atoms with E-state index in [2.05, 4.69) is 5.32 Å². The van der Waals surface area contributed by atoms with Crippen molar-refractivity contribution in [3.63, 3.8) is 0 Å². The monoisotopic (exact) mass is 636 g/mol. The number of aliphatic hydroxyl groups is 6. The first-order valence-corrected chi connectivity index (χ1v) is 15.9. The van der Waals surface area contributed by atoms with Crippen LogP contribution in [-0.2, 0) is 23.7 Å². The molecule has 0 radical (unpaired) electrons. The normalized spacial score (nSPS) is 42.5. The molecule has 2 heterocycles. The molecule has 0 aromatic heterocycles. The first kappa shape index (κ1) is 37.3. The van der Waals surface area contributed by atoms with Gasteiger partial charge in [-0.25, -0.2) is 4.79 Å². The molecule has 0 bridgehead atoms. The Kier molecular flexibility index (Phi) is 13.6. The van der Waals surface area contributed by atoms with Gasteiger partial charge in [-0.3, -0.25) is 0 Å². The first-order valence-electron chi connectivity index (χ1n) is 15.9. The molecule has 9 N–H and O–H groups in total. The van der Waals surface area contributed by atoms with E-state index in [0.29, 0.717) is 25.7 Å². The minimum Gasteiger partial charge on any atom is -0.444 e.